The Labute approximate surface area is 127 Å². The molecule has 1 aromatic rings. The van der Waals surface area contributed by atoms with Gasteiger partial charge in [-0.15, -0.1) is 0 Å². The predicted molar refractivity (Wildman–Crippen MR) is 77.6 cm³/mol. The highest BCUT2D eigenvalue weighted by atomic mass is 16.4. The fourth-order valence-corrected chi connectivity index (χ4v) is 3.48. The Morgan fingerprint density at radius 2 is 2.23 bits per heavy atom. The number of carbonyl (C=O) groups excluding carboxylic acids is 1. The first-order valence-electron chi connectivity index (χ1n) is 7.37. The smallest absolute Gasteiger partial charge is 0.352 e. The number of aromatic nitrogens is 2. The molecule has 3 atom stereocenters. The van der Waals surface area contributed by atoms with Crippen molar-refractivity contribution in [1.82, 2.24) is 14.7 Å². The quantitative estimate of drug-likeness (QED) is 0.785. The van der Waals surface area contributed by atoms with Crippen LogP contribution in [0.4, 0.5) is 0 Å². The molecule has 0 aliphatic carbocycles. The summed E-state index contributed by atoms with van der Waals surface area (Å²) >= 11 is 0. The molecule has 2 aliphatic heterocycles. The van der Waals surface area contributed by atoms with Crippen LogP contribution in [0.15, 0.2) is 11.8 Å². The lowest BCUT2D eigenvalue weighted by molar-refractivity contribution is -0.161. The van der Waals surface area contributed by atoms with Gasteiger partial charge in [0, 0.05) is 18.3 Å². The van der Waals surface area contributed by atoms with Crippen LogP contribution in [0.3, 0.4) is 0 Å². The van der Waals surface area contributed by atoms with Crippen LogP contribution in [-0.4, -0.2) is 48.9 Å². The average molecular weight is 305 g/mol. The van der Waals surface area contributed by atoms with Gasteiger partial charge in [0.05, 0.1) is 23.8 Å². The Hall–Kier alpha value is -2.15. The number of carboxylic acids is 1. The minimum atomic E-state index is -1.13. The van der Waals surface area contributed by atoms with Gasteiger partial charge in [-0.2, -0.15) is 5.10 Å². The molecule has 0 unspecified atom stereocenters. The van der Waals surface area contributed by atoms with Gasteiger partial charge in [-0.05, 0) is 25.8 Å². The molecule has 1 saturated heterocycles. The summed E-state index contributed by atoms with van der Waals surface area (Å²) in [5.41, 5.74) is 2.18. The molecule has 0 bridgehead atoms. The summed E-state index contributed by atoms with van der Waals surface area (Å²) in [6.45, 7) is 3.57. The lowest BCUT2D eigenvalue weighted by Crippen LogP contribution is -2.61. The second-order valence-corrected chi connectivity index (χ2v) is 5.88. The van der Waals surface area contributed by atoms with Crippen LogP contribution >= 0.6 is 0 Å². The maximum absolute atomic E-state index is 12.1. The van der Waals surface area contributed by atoms with Crippen molar-refractivity contribution in [3.8, 4) is 0 Å². The lowest BCUT2D eigenvalue weighted by atomic mass is 9.83. The van der Waals surface area contributed by atoms with Crippen molar-refractivity contribution in [3.05, 3.63) is 23.2 Å². The van der Waals surface area contributed by atoms with Crippen LogP contribution in [0.25, 0.3) is 5.57 Å². The van der Waals surface area contributed by atoms with Gasteiger partial charge in [-0.1, -0.05) is 6.92 Å². The SMILES string of the molecule is CCc1cc(C2=C(C(=O)O)N3C(=O)[C@H]([C@@H](C)O)[C@H]3C2)nn1C. The Morgan fingerprint density at radius 3 is 2.73 bits per heavy atom. The fraction of sp³-hybridized carbons (Fsp3) is 0.533. The number of carboxylic acid groups (broad SMARTS) is 1. The summed E-state index contributed by atoms with van der Waals surface area (Å²) in [4.78, 5) is 25.1. The maximum Gasteiger partial charge on any atom is 0.352 e. The van der Waals surface area contributed by atoms with E-state index in [0.29, 0.717) is 17.7 Å². The second kappa shape index (κ2) is 4.95. The molecule has 0 saturated carbocycles. The van der Waals surface area contributed by atoms with Gasteiger partial charge >= 0.3 is 5.97 Å². The monoisotopic (exact) mass is 305 g/mol. The first kappa shape index (κ1) is 14.8. The van der Waals surface area contributed by atoms with Gasteiger partial charge in [-0.3, -0.25) is 9.48 Å². The molecule has 2 N–H and O–H groups in total. The first-order chi connectivity index (χ1) is 10.4. The summed E-state index contributed by atoms with van der Waals surface area (Å²) in [7, 11) is 1.82. The third-order valence-corrected chi connectivity index (χ3v) is 4.58. The molecule has 7 nitrogen and oxygen atoms in total. The number of hydrogen-bond donors (Lipinski definition) is 2. The normalized spacial score (nSPS) is 25.3. The zero-order valence-electron chi connectivity index (χ0n) is 12.8. The minimum Gasteiger partial charge on any atom is -0.477 e. The summed E-state index contributed by atoms with van der Waals surface area (Å²) in [6, 6.07) is 1.59. The Morgan fingerprint density at radius 1 is 1.55 bits per heavy atom. The van der Waals surface area contributed by atoms with E-state index in [9.17, 15) is 19.8 Å². The fourth-order valence-electron chi connectivity index (χ4n) is 3.48. The van der Waals surface area contributed by atoms with E-state index in [1.54, 1.807) is 11.6 Å². The number of aliphatic hydroxyl groups excluding tert-OH is 1. The van der Waals surface area contributed by atoms with E-state index >= 15 is 0 Å². The molecule has 0 radical (unpaired) electrons. The van der Waals surface area contributed by atoms with Crippen molar-refractivity contribution < 1.29 is 19.8 Å². The molecule has 0 spiro atoms. The summed E-state index contributed by atoms with van der Waals surface area (Å²) < 4.78 is 1.73. The zero-order valence-corrected chi connectivity index (χ0v) is 12.8. The van der Waals surface area contributed by atoms with Crippen molar-refractivity contribution in [2.45, 2.75) is 38.8 Å². The molecule has 1 amide bonds. The summed E-state index contributed by atoms with van der Waals surface area (Å²) in [5.74, 6) is -1.97. The molecule has 3 heterocycles. The van der Waals surface area contributed by atoms with E-state index in [0.717, 1.165) is 12.1 Å². The van der Waals surface area contributed by atoms with Crippen LogP contribution in [0.5, 0.6) is 0 Å². The van der Waals surface area contributed by atoms with Crippen LogP contribution in [0, 0.1) is 5.92 Å². The minimum absolute atomic E-state index is 0.00709. The molecule has 22 heavy (non-hydrogen) atoms. The molecule has 7 heteroatoms. The van der Waals surface area contributed by atoms with Gasteiger partial charge in [0.1, 0.15) is 5.70 Å². The third-order valence-electron chi connectivity index (χ3n) is 4.58. The molecule has 3 rings (SSSR count). The number of β-lactam (4-membered cyclic amide) rings is 1. The Balaban J connectivity index is 2.03. The Kier molecular flexibility index (Phi) is 3.32. The number of hydrogen-bond acceptors (Lipinski definition) is 4. The zero-order chi connectivity index (χ0) is 16.2. The van der Waals surface area contributed by atoms with E-state index in [1.807, 2.05) is 20.0 Å². The highest BCUT2D eigenvalue weighted by Crippen LogP contribution is 2.46. The van der Waals surface area contributed by atoms with Crippen molar-refractivity contribution in [3.63, 3.8) is 0 Å². The van der Waals surface area contributed by atoms with Gasteiger partial charge in [-0.25, -0.2) is 4.79 Å². The van der Waals surface area contributed by atoms with Gasteiger partial charge < -0.3 is 15.1 Å². The predicted octanol–water partition coefficient (Wildman–Crippen LogP) is 0.390. The van der Waals surface area contributed by atoms with Crippen LogP contribution in [0.2, 0.25) is 0 Å². The number of nitrogens with zero attached hydrogens (tertiary/aromatic N) is 3. The highest BCUT2D eigenvalue weighted by molar-refractivity contribution is 6.05. The number of aliphatic hydroxyl groups is 1. The van der Waals surface area contributed by atoms with Crippen LogP contribution in [0.1, 0.15) is 31.7 Å². The number of rotatable bonds is 4. The van der Waals surface area contributed by atoms with Gasteiger partial charge in [0.25, 0.3) is 0 Å². The molecule has 1 fully saturated rings. The molecule has 118 valence electrons. The van der Waals surface area contributed by atoms with E-state index < -0.39 is 18.0 Å². The molecule has 0 aromatic carbocycles. The van der Waals surface area contributed by atoms with E-state index in [1.165, 1.54) is 4.90 Å². The van der Waals surface area contributed by atoms with Crippen molar-refractivity contribution >= 4 is 17.4 Å². The average Bonchev–Trinajstić information content (AvgIpc) is 2.96. The molecule has 2 aliphatic rings. The lowest BCUT2D eigenvalue weighted by Gasteiger charge is -2.44. The molecular weight excluding hydrogens is 286 g/mol. The number of amides is 1. The van der Waals surface area contributed by atoms with E-state index in [4.69, 9.17) is 0 Å². The molecule has 1 aromatic heterocycles. The van der Waals surface area contributed by atoms with E-state index in [2.05, 4.69) is 5.10 Å². The number of aliphatic carboxylic acids is 1. The van der Waals surface area contributed by atoms with Crippen molar-refractivity contribution in [2.75, 3.05) is 0 Å². The number of fused-ring (bicyclic) bond motifs is 1. The standard InChI is InChI=1S/C15H19N3O4/c1-4-8-5-10(16-17(8)3)9-6-11-12(7(2)19)14(20)18(11)13(9)15(21)22/h5,7,11-12,19H,4,6H2,1-3H3,(H,21,22)/t7-,11-,12-/m1/s1. The maximum atomic E-state index is 12.1. The highest BCUT2D eigenvalue weighted by Gasteiger charge is 2.57. The van der Waals surface area contributed by atoms with Crippen molar-refractivity contribution in [1.29, 1.82) is 0 Å². The number of aryl methyl sites for hydroxylation is 2. The largest absolute Gasteiger partial charge is 0.477 e. The summed E-state index contributed by atoms with van der Waals surface area (Å²) in [5, 5.41) is 23.6. The third kappa shape index (κ3) is 1.89. The first-order valence-corrected chi connectivity index (χ1v) is 7.37. The van der Waals surface area contributed by atoms with Gasteiger partial charge in [0.2, 0.25) is 5.91 Å². The van der Waals surface area contributed by atoms with Crippen LogP contribution in [-0.2, 0) is 23.1 Å². The van der Waals surface area contributed by atoms with Gasteiger partial charge in [0.15, 0.2) is 0 Å². The Bertz CT molecular complexity index is 689. The van der Waals surface area contributed by atoms with Crippen LogP contribution < -0.4 is 0 Å². The number of carbonyl (C=O) groups is 2. The second-order valence-electron chi connectivity index (χ2n) is 5.88. The topological polar surface area (TPSA) is 95.7 Å². The summed E-state index contributed by atoms with van der Waals surface area (Å²) in [6.07, 6.45) is 0.433. The van der Waals surface area contributed by atoms with Crippen molar-refractivity contribution in [2.24, 2.45) is 13.0 Å². The van der Waals surface area contributed by atoms with E-state index in [-0.39, 0.29) is 17.6 Å². The molecular formula is C15H19N3O4.